The van der Waals surface area contributed by atoms with E-state index in [1.807, 2.05) is 12.1 Å². The van der Waals surface area contributed by atoms with Crippen LogP contribution in [0.3, 0.4) is 0 Å². The molecule has 0 radical (unpaired) electrons. The molecule has 0 bridgehead atoms. The molecule has 1 N–H and O–H groups in total. The summed E-state index contributed by atoms with van der Waals surface area (Å²) in [5.74, 6) is 0.539. The summed E-state index contributed by atoms with van der Waals surface area (Å²) in [6, 6.07) is 4.57. The summed E-state index contributed by atoms with van der Waals surface area (Å²) in [5.41, 5.74) is 0.985. The van der Waals surface area contributed by atoms with E-state index in [0.29, 0.717) is 24.5 Å². The summed E-state index contributed by atoms with van der Waals surface area (Å²) in [7, 11) is 1.79. The van der Waals surface area contributed by atoms with Crippen molar-refractivity contribution in [3.05, 3.63) is 30.2 Å². The molecule has 2 rings (SSSR count). The normalized spacial score (nSPS) is 10.9. The maximum Gasteiger partial charge on any atom is 0.342 e. The van der Waals surface area contributed by atoms with Gasteiger partial charge in [0.25, 0.3) is 0 Å². The van der Waals surface area contributed by atoms with Crippen LogP contribution in [0.25, 0.3) is 0 Å². The Labute approximate surface area is 106 Å². The van der Waals surface area contributed by atoms with E-state index in [1.165, 1.54) is 0 Å². The minimum absolute atomic E-state index is 0.307. The highest BCUT2D eigenvalue weighted by Crippen LogP contribution is 2.19. The number of hydrogen-bond donors (Lipinski definition) is 1. The van der Waals surface area contributed by atoms with Crippen LogP contribution in [0.5, 0.6) is 11.9 Å². The third kappa shape index (κ3) is 3.27. The molecule has 0 aliphatic rings. The SMILES string of the molecule is CC(C)NCc1cccnc1Oc1ncn(C)n1. The van der Waals surface area contributed by atoms with Gasteiger partial charge >= 0.3 is 6.01 Å². The molecule has 96 valence electrons. The number of pyridine rings is 1. The van der Waals surface area contributed by atoms with Crippen LogP contribution in [0.15, 0.2) is 24.7 Å². The zero-order valence-electron chi connectivity index (χ0n) is 10.8. The molecule has 0 aromatic carbocycles. The van der Waals surface area contributed by atoms with E-state index in [-0.39, 0.29) is 0 Å². The molecule has 0 unspecified atom stereocenters. The molecular weight excluding hydrogens is 230 g/mol. The lowest BCUT2D eigenvalue weighted by Crippen LogP contribution is -2.22. The van der Waals surface area contributed by atoms with Gasteiger partial charge < -0.3 is 10.1 Å². The third-order valence-corrected chi connectivity index (χ3v) is 2.32. The van der Waals surface area contributed by atoms with Crippen LogP contribution >= 0.6 is 0 Å². The van der Waals surface area contributed by atoms with Gasteiger partial charge in [-0.25, -0.2) is 4.98 Å². The van der Waals surface area contributed by atoms with Crippen molar-refractivity contribution in [2.75, 3.05) is 0 Å². The van der Waals surface area contributed by atoms with E-state index in [1.54, 1.807) is 24.3 Å². The van der Waals surface area contributed by atoms with Gasteiger partial charge in [-0.2, -0.15) is 4.98 Å². The number of aromatic nitrogens is 4. The standard InChI is InChI=1S/C12H17N5O/c1-9(2)14-7-10-5-4-6-13-11(10)18-12-15-8-17(3)16-12/h4-6,8-9,14H,7H2,1-3H3. The Kier molecular flexibility index (Phi) is 3.88. The van der Waals surface area contributed by atoms with E-state index in [0.717, 1.165) is 5.56 Å². The van der Waals surface area contributed by atoms with E-state index in [4.69, 9.17) is 4.74 Å². The third-order valence-electron chi connectivity index (χ3n) is 2.32. The van der Waals surface area contributed by atoms with Crippen molar-refractivity contribution in [1.29, 1.82) is 0 Å². The predicted octanol–water partition coefficient (Wildman–Crippen LogP) is 1.50. The predicted molar refractivity (Wildman–Crippen MR) is 67.3 cm³/mol. The lowest BCUT2D eigenvalue weighted by molar-refractivity contribution is 0.413. The minimum atomic E-state index is 0.307. The van der Waals surface area contributed by atoms with Crippen molar-refractivity contribution >= 4 is 0 Å². The molecule has 0 aliphatic carbocycles. The molecule has 0 spiro atoms. The van der Waals surface area contributed by atoms with Crippen molar-refractivity contribution in [1.82, 2.24) is 25.1 Å². The van der Waals surface area contributed by atoms with Crippen LogP contribution in [0.2, 0.25) is 0 Å². The van der Waals surface area contributed by atoms with Gasteiger partial charge in [-0.05, 0) is 6.07 Å². The van der Waals surface area contributed by atoms with Gasteiger partial charge in [-0.3, -0.25) is 4.68 Å². The Bertz CT molecular complexity index is 509. The first kappa shape index (κ1) is 12.5. The van der Waals surface area contributed by atoms with Crippen molar-refractivity contribution in [2.45, 2.75) is 26.4 Å². The highest BCUT2D eigenvalue weighted by molar-refractivity contribution is 5.27. The summed E-state index contributed by atoms with van der Waals surface area (Å²) in [5, 5.41) is 7.39. The first-order chi connectivity index (χ1) is 8.65. The number of aryl methyl sites for hydroxylation is 1. The van der Waals surface area contributed by atoms with E-state index in [2.05, 4.69) is 34.2 Å². The molecular formula is C12H17N5O. The maximum atomic E-state index is 5.57. The Morgan fingerprint density at radius 3 is 2.89 bits per heavy atom. The molecule has 0 atom stereocenters. The van der Waals surface area contributed by atoms with Crippen LogP contribution < -0.4 is 10.1 Å². The Hall–Kier alpha value is -1.95. The largest absolute Gasteiger partial charge is 0.404 e. The Morgan fingerprint density at radius 1 is 1.39 bits per heavy atom. The second-order valence-corrected chi connectivity index (χ2v) is 4.31. The summed E-state index contributed by atoms with van der Waals surface area (Å²) >= 11 is 0. The fraction of sp³-hybridized carbons (Fsp3) is 0.417. The van der Waals surface area contributed by atoms with E-state index in [9.17, 15) is 0 Å². The average molecular weight is 247 g/mol. The van der Waals surface area contributed by atoms with Gasteiger partial charge in [0, 0.05) is 31.4 Å². The molecule has 0 aliphatic heterocycles. The molecule has 0 amide bonds. The molecule has 6 heteroatoms. The van der Waals surface area contributed by atoms with Crippen molar-refractivity contribution in [3.63, 3.8) is 0 Å². The maximum absolute atomic E-state index is 5.57. The van der Waals surface area contributed by atoms with Gasteiger partial charge in [0.15, 0.2) is 0 Å². The van der Waals surface area contributed by atoms with Gasteiger partial charge in [0.2, 0.25) is 5.88 Å². The van der Waals surface area contributed by atoms with Crippen LogP contribution in [-0.2, 0) is 13.6 Å². The molecule has 6 nitrogen and oxygen atoms in total. The van der Waals surface area contributed by atoms with Crippen molar-refractivity contribution in [3.8, 4) is 11.9 Å². The number of ether oxygens (including phenoxy) is 1. The molecule has 18 heavy (non-hydrogen) atoms. The van der Waals surface area contributed by atoms with E-state index >= 15 is 0 Å². The number of hydrogen-bond acceptors (Lipinski definition) is 5. The minimum Gasteiger partial charge on any atom is -0.404 e. The van der Waals surface area contributed by atoms with Crippen LogP contribution in [0.1, 0.15) is 19.4 Å². The number of rotatable bonds is 5. The quantitative estimate of drug-likeness (QED) is 0.867. The van der Waals surface area contributed by atoms with Crippen molar-refractivity contribution < 1.29 is 4.74 Å². The second-order valence-electron chi connectivity index (χ2n) is 4.31. The summed E-state index contributed by atoms with van der Waals surface area (Å²) in [6.07, 6.45) is 3.28. The van der Waals surface area contributed by atoms with E-state index < -0.39 is 0 Å². The van der Waals surface area contributed by atoms with Gasteiger partial charge in [-0.15, -0.1) is 5.10 Å². The summed E-state index contributed by atoms with van der Waals surface area (Å²) in [6.45, 7) is 4.89. The smallest absolute Gasteiger partial charge is 0.342 e. The molecule has 0 saturated heterocycles. The zero-order chi connectivity index (χ0) is 13.0. The molecule has 0 saturated carbocycles. The highest BCUT2D eigenvalue weighted by Gasteiger charge is 2.08. The first-order valence-electron chi connectivity index (χ1n) is 5.86. The molecule has 0 fully saturated rings. The lowest BCUT2D eigenvalue weighted by atomic mass is 10.2. The number of nitrogens with zero attached hydrogens (tertiary/aromatic N) is 4. The fourth-order valence-electron chi connectivity index (χ4n) is 1.42. The van der Waals surface area contributed by atoms with Crippen LogP contribution in [0, 0.1) is 0 Å². The highest BCUT2D eigenvalue weighted by atomic mass is 16.5. The lowest BCUT2D eigenvalue weighted by Gasteiger charge is -2.10. The van der Waals surface area contributed by atoms with Crippen LogP contribution in [0.4, 0.5) is 0 Å². The molecule has 2 heterocycles. The van der Waals surface area contributed by atoms with Gasteiger partial charge in [-0.1, -0.05) is 19.9 Å². The van der Waals surface area contributed by atoms with Crippen molar-refractivity contribution in [2.24, 2.45) is 7.05 Å². The average Bonchev–Trinajstić information content (AvgIpc) is 2.73. The molecule has 2 aromatic rings. The zero-order valence-corrected chi connectivity index (χ0v) is 10.8. The summed E-state index contributed by atoms with van der Waals surface area (Å²) in [4.78, 5) is 8.23. The van der Waals surface area contributed by atoms with Gasteiger partial charge in [0.1, 0.15) is 6.33 Å². The molecule has 2 aromatic heterocycles. The Morgan fingerprint density at radius 2 is 2.22 bits per heavy atom. The van der Waals surface area contributed by atoms with Crippen LogP contribution in [-0.4, -0.2) is 25.8 Å². The second kappa shape index (κ2) is 5.59. The topological polar surface area (TPSA) is 64.9 Å². The summed E-state index contributed by atoms with van der Waals surface area (Å²) < 4.78 is 7.16. The monoisotopic (exact) mass is 247 g/mol. The fourth-order valence-corrected chi connectivity index (χ4v) is 1.42. The number of nitrogens with one attached hydrogen (secondary N) is 1. The first-order valence-corrected chi connectivity index (χ1v) is 5.86. The van der Waals surface area contributed by atoms with Gasteiger partial charge in [0.05, 0.1) is 0 Å². The Balaban J connectivity index is 2.11.